The van der Waals surface area contributed by atoms with Gasteiger partial charge in [-0.1, -0.05) is 0 Å². The Hall–Kier alpha value is -3.43. The van der Waals surface area contributed by atoms with Crippen LogP contribution in [0.5, 0.6) is 0 Å². The highest BCUT2D eigenvalue weighted by molar-refractivity contribution is 5.72. The number of alkyl halides is 3. The fraction of sp³-hybridized carbons (Fsp3) is 0.0526. The molecule has 1 aromatic carbocycles. The van der Waals surface area contributed by atoms with Crippen LogP contribution in [0.2, 0.25) is 0 Å². The fourth-order valence-corrected chi connectivity index (χ4v) is 2.93. The van der Waals surface area contributed by atoms with E-state index in [1.165, 1.54) is 6.07 Å². The quantitative estimate of drug-likeness (QED) is 0.400. The summed E-state index contributed by atoms with van der Waals surface area (Å²) >= 11 is 0. The Bertz CT molecular complexity index is 1240. The normalized spacial score (nSPS) is 12.0. The van der Waals surface area contributed by atoms with Crippen LogP contribution in [0.15, 0.2) is 48.9 Å². The number of pyridine rings is 2. The predicted octanol–water partition coefficient (Wildman–Crippen LogP) is 5.64. The molecule has 0 amide bonds. The van der Waals surface area contributed by atoms with Crippen LogP contribution in [0, 0.1) is 23.3 Å². The number of benzene rings is 1. The lowest BCUT2D eigenvalue weighted by molar-refractivity contribution is -0.139. The molecule has 0 N–H and O–H groups in total. The van der Waals surface area contributed by atoms with Gasteiger partial charge >= 0.3 is 6.18 Å². The summed E-state index contributed by atoms with van der Waals surface area (Å²) in [5, 5.41) is 0. The zero-order chi connectivity index (χ0) is 20.9. The van der Waals surface area contributed by atoms with Crippen LogP contribution in [0.4, 0.5) is 30.7 Å². The second-order valence-corrected chi connectivity index (χ2v) is 6.06. The van der Waals surface area contributed by atoms with E-state index in [-0.39, 0.29) is 16.8 Å². The number of imidazole rings is 1. The number of nitrogens with zero attached hydrogens (tertiary/aromatic N) is 3. The van der Waals surface area contributed by atoms with Gasteiger partial charge in [0.05, 0.1) is 23.7 Å². The van der Waals surface area contributed by atoms with Crippen molar-refractivity contribution in [3.8, 4) is 22.5 Å². The Labute approximate surface area is 158 Å². The Morgan fingerprint density at radius 1 is 0.828 bits per heavy atom. The molecule has 3 heterocycles. The molecule has 4 rings (SSSR count). The molecular weight excluding hydrogens is 403 g/mol. The van der Waals surface area contributed by atoms with Gasteiger partial charge in [-0.2, -0.15) is 13.2 Å². The molecule has 3 aromatic heterocycles. The van der Waals surface area contributed by atoms with Gasteiger partial charge in [0.15, 0.2) is 17.3 Å². The Kier molecular flexibility index (Phi) is 4.29. The van der Waals surface area contributed by atoms with Crippen molar-refractivity contribution in [1.29, 1.82) is 0 Å². The van der Waals surface area contributed by atoms with Gasteiger partial charge < -0.3 is 0 Å². The molecule has 0 atom stereocenters. The first-order chi connectivity index (χ1) is 13.7. The van der Waals surface area contributed by atoms with Crippen molar-refractivity contribution < 1.29 is 30.7 Å². The van der Waals surface area contributed by atoms with Gasteiger partial charge in [-0.3, -0.25) is 9.38 Å². The zero-order valence-electron chi connectivity index (χ0n) is 14.1. The number of hydrogen-bond donors (Lipinski definition) is 0. The number of halogens is 7. The maximum atomic E-state index is 14.2. The molecule has 0 fully saturated rings. The van der Waals surface area contributed by atoms with E-state index >= 15 is 0 Å². The minimum absolute atomic E-state index is 0.136. The molecule has 0 saturated heterocycles. The molecular formula is C19H8F7N3. The summed E-state index contributed by atoms with van der Waals surface area (Å²) in [6, 6.07) is 4.50. The molecule has 148 valence electrons. The Morgan fingerprint density at radius 2 is 1.59 bits per heavy atom. The van der Waals surface area contributed by atoms with Crippen molar-refractivity contribution in [3.05, 3.63) is 77.8 Å². The lowest BCUT2D eigenvalue weighted by atomic mass is 10.0. The summed E-state index contributed by atoms with van der Waals surface area (Å²) in [7, 11) is 0. The molecule has 0 spiro atoms. The molecule has 10 heteroatoms. The molecule has 0 aliphatic carbocycles. The summed E-state index contributed by atoms with van der Waals surface area (Å²) in [6.45, 7) is 0. The van der Waals surface area contributed by atoms with E-state index in [0.29, 0.717) is 18.3 Å². The molecule has 29 heavy (non-hydrogen) atoms. The van der Waals surface area contributed by atoms with Crippen LogP contribution >= 0.6 is 0 Å². The molecule has 3 nitrogen and oxygen atoms in total. The van der Waals surface area contributed by atoms with Crippen molar-refractivity contribution in [2.75, 3.05) is 0 Å². The fourth-order valence-electron chi connectivity index (χ4n) is 2.93. The Morgan fingerprint density at radius 3 is 2.28 bits per heavy atom. The first-order valence-corrected chi connectivity index (χ1v) is 8.01. The first-order valence-electron chi connectivity index (χ1n) is 8.01. The number of rotatable bonds is 2. The second kappa shape index (κ2) is 6.57. The maximum absolute atomic E-state index is 14.2. The van der Waals surface area contributed by atoms with Gasteiger partial charge in [0.1, 0.15) is 17.3 Å². The lowest BCUT2D eigenvalue weighted by Crippen LogP contribution is -2.09. The number of fused-ring (bicyclic) bond motifs is 1. The standard InChI is InChI=1S/C19H8F7N3/c20-10-6-14(22)17(27-7-10)11-5-9(1-2-13(11)21)15-8-28-18-16(23)12(19(24,25)26)3-4-29(15)18/h1-8H. The van der Waals surface area contributed by atoms with Crippen molar-refractivity contribution in [1.82, 2.24) is 14.4 Å². The maximum Gasteiger partial charge on any atom is 0.419 e. The van der Waals surface area contributed by atoms with Crippen LogP contribution in [0.1, 0.15) is 5.56 Å². The number of aromatic nitrogens is 3. The largest absolute Gasteiger partial charge is 0.419 e. The molecule has 0 saturated carbocycles. The van der Waals surface area contributed by atoms with E-state index in [9.17, 15) is 30.7 Å². The van der Waals surface area contributed by atoms with Crippen LogP contribution in [0.3, 0.4) is 0 Å². The summed E-state index contributed by atoms with van der Waals surface area (Å²) in [5.74, 6) is -4.45. The van der Waals surface area contributed by atoms with Crippen molar-refractivity contribution >= 4 is 5.65 Å². The first kappa shape index (κ1) is 18.9. The summed E-state index contributed by atoms with van der Waals surface area (Å²) < 4.78 is 95.2. The lowest BCUT2D eigenvalue weighted by Gasteiger charge is -2.10. The van der Waals surface area contributed by atoms with Gasteiger partial charge in [-0.15, -0.1) is 0 Å². The van der Waals surface area contributed by atoms with E-state index in [2.05, 4.69) is 9.97 Å². The monoisotopic (exact) mass is 411 g/mol. The minimum atomic E-state index is -4.90. The molecule has 0 aliphatic heterocycles. The Balaban J connectivity index is 1.88. The van der Waals surface area contributed by atoms with E-state index in [4.69, 9.17) is 0 Å². The van der Waals surface area contributed by atoms with Crippen molar-refractivity contribution in [3.63, 3.8) is 0 Å². The average Bonchev–Trinajstić information content (AvgIpc) is 3.07. The number of hydrogen-bond acceptors (Lipinski definition) is 2. The van der Waals surface area contributed by atoms with E-state index in [1.54, 1.807) is 0 Å². The third-order valence-corrected chi connectivity index (χ3v) is 4.25. The minimum Gasteiger partial charge on any atom is -0.297 e. The van der Waals surface area contributed by atoms with Crippen LogP contribution in [0.25, 0.3) is 28.2 Å². The van der Waals surface area contributed by atoms with Gasteiger partial charge in [-0.25, -0.2) is 22.5 Å². The van der Waals surface area contributed by atoms with E-state index < -0.39 is 46.3 Å². The van der Waals surface area contributed by atoms with Gasteiger partial charge in [0, 0.05) is 23.4 Å². The van der Waals surface area contributed by atoms with Gasteiger partial charge in [-0.05, 0) is 24.3 Å². The highest BCUT2D eigenvalue weighted by Gasteiger charge is 2.35. The summed E-state index contributed by atoms with van der Waals surface area (Å²) in [6.07, 6.45) is -2.10. The van der Waals surface area contributed by atoms with Gasteiger partial charge in [0.2, 0.25) is 0 Å². The zero-order valence-corrected chi connectivity index (χ0v) is 14.1. The van der Waals surface area contributed by atoms with Crippen LogP contribution < -0.4 is 0 Å². The van der Waals surface area contributed by atoms with E-state index in [0.717, 1.165) is 28.9 Å². The van der Waals surface area contributed by atoms with Crippen molar-refractivity contribution in [2.45, 2.75) is 6.18 Å². The van der Waals surface area contributed by atoms with Crippen LogP contribution in [-0.4, -0.2) is 14.4 Å². The highest BCUT2D eigenvalue weighted by atomic mass is 19.4. The third-order valence-electron chi connectivity index (χ3n) is 4.25. The topological polar surface area (TPSA) is 30.2 Å². The van der Waals surface area contributed by atoms with Crippen LogP contribution in [-0.2, 0) is 6.18 Å². The molecule has 4 aromatic rings. The van der Waals surface area contributed by atoms with Crippen molar-refractivity contribution in [2.24, 2.45) is 0 Å². The summed E-state index contributed by atoms with van der Waals surface area (Å²) in [5.41, 5.74) is -2.46. The van der Waals surface area contributed by atoms with E-state index in [1.807, 2.05) is 0 Å². The highest BCUT2D eigenvalue weighted by Crippen LogP contribution is 2.34. The molecule has 0 unspecified atom stereocenters. The molecule has 0 aliphatic rings. The SMILES string of the molecule is Fc1cnc(-c2cc(-c3cnc4c(F)c(C(F)(F)F)ccn34)ccc2F)c(F)c1. The summed E-state index contributed by atoms with van der Waals surface area (Å²) in [4.78, 5) is 7.23. The van der Waals surface area contributed by atoms with Gasteiger partial charge in [0.25, 0.3) is 0 Å². The average molecular weight is 411 g/mol. The molecule has 0 radical (unpaired) electrons. The smallest absolute Gasteiger partial charge is 0.297 e. The predicted molar refractivity (Wildman–Crippen MR) is 88.7 cm³/mol. The molecule has 0 bridgehead atoms. The second-order valence-electron chi connectivity index (χ2n) is 6.06. The third kappa shape index (κ3) is 3.20.